The lowest BCUT2D eigenvalue weighted by Crippen LogP contribution is -2.15. The molecule has 0 bridgehead atoms. The van der Waals surface area contributed by atoms with E-state index in [0.29, 0.717) is 23.8 Å². The third kappa shape index (κ3) is 10.8. The molecule has 0 spiro atoms. The molecule has 0 aliphatic carbocycles. The summed E-state index contributed by atoms with van der Waals surface area (Å²) in [5.74, 6) is 1.28. The van der Waals surface area contributed by atoms with Crippen LogP contribution in [0.2, 0.25) is 0 Å². The number of benzene rings is 1. The third-order valence-corrected chi connectivity index (χ3v) is 2.52. The number of rotatable bonds is 6. The molecule has 0 aliphatic rings. The molecule has 0 atom stereocenters. The highest BCUT2D eigenvalue weighted by Crippen LogP contribution is 2.27. The maximum absolute atomic E-state index is 10.1. The number of hydrogen-bond donors (Lipinski definition) is 2. The van der Waals surface area contributed by atoms with Crippen LogP contribution in [0.1, 0.15) is 26.3 Å². The van der Waals surface area contributed by atoms with Gasteiger partial charge in [-0.05, 0) is 38.2 Å². The van der Waals surface area contributed by atoms with Crippen molar-refractivity contribution in [2.24, 2.45) is 5.73 Å². The molecular formula is C16H30N2O3. The minimum atomic E-state index is 0.0574. The Morgan fingerprint density at radius 3 is 2.24 bits per heavy atom. The highest BCUT2D eigenvalue weighted by Gasteiger charge is 2.04. The summed E-state index contributed by atoms with van der Waals surface area (Å²) in [6.45, 7) is 6.35. The number of aldehydes is 1. The first-order valence-electron chi connectivity index (χ1n) is 7.07. The first-order chi connectivity index (χ1) is 10.1. The molecule has 122 valence electrons. The Bertz CT molecular complexity index is 369. The molecule has 0 aliphatic heterocycles. The van der Waals surface area contributed by atoms with Gasteiger partial charge in [-0.25, -0.2) is 0 Å². The van der Waals surface area contributed by atoms with Crippen molar-refractivity contribution in [2.75, 3.05) is 27.8 Å². The lowest BCUT2D eigenvalue weighted by atomic mass is 10.1. The van der Waals surface area contributed by atoms with Gasteiger partial charge < -0.3 is 20.5 Å². The molecule has 0 unspecified atom stereocenters. The molecule has 0 radical (unpaired) electrons. The molecule has 0 aromatic heterocycles. The third-order valence-electron chi connectivity index (χ3n) is 2.52. The second kappa shape index (κ2) is 14.8. The molecule has 1 rings (SSSR count). The van der Waals surface area contributed by atoms with E-state index in [4.69, 9.17) is 9.47 Å². The molecule has 0 amide bonds. The van der Waals surface area contributed by atoms with Crippen molar-refractivity contribution in [1.82, 2.24) is 5.32 Å². The topological polar surface area (TPSA) is 73.6 Å². The van der Waals surface area contributed by atoms with E-state index in [2.05, 4.69) is 31.8 Å². The van der Waals surface area contributed by atoms with E-state index in [9.17, 15) is 4.79 Å². The van der Waals surface area contributed by atoms with E-state index in [-0.39, 0.29) is 6.61 Å². The fourth-order valence-electron chi connectivity index (χ4n) is 1.17. The SMILES string of the molecule is CCc1ccc(OCC=O)c(OC)c1.CN.CNC(C)C. The van der Waals surface area contributed by atoms with Gasteiger partial charge in [0, 0.05) is 6.04 Å². The Labute approximate surface area is 128 Å². The van der Waals surface area contributed by atoms with E-state index in [1.165, 1.54) is 12.6 Å². The van der Waals surface area contributed by atoms with E-state index in [1.54, 1.807) is 7.11 Å². The van der Waals surface area contributed by atoms with Crippen molar-refractivity contribution in [1.29, 1.82) is 0 Å². The van der Waals surface area contributed by atoms with Crippen LogP contribution in [0.25, 0.3) is 0 Å². The Morgan fingerprint density at radius 1 is 1.29 bits per heavy atom. The molecule has 21 heavy (non-hydrogen) atoms. The molecule has 0 saturated carbocycles. The van der Waals surface area contributed by atoms with Crippen LogP contribution in [0.4, 0.5) is 0 Å². The Balaban J connectivity index is 0. The first-order valence-corrected chi connectivity index (χ1v) is 7.07. The van der Waals surface area contributed by atoms with Gasteiger partial charge in [-0.15, -0.1) is 0 Å². The summed E-state index contributed by atoms with van der Waals surface area (Å²) in [5, 5.41) is 3.03. The molecule has 1 aromatic carbocycles. The lowest BCUT2D eigenvalue weighted by Gasteiger charge is -2.09. The predicted octanol–water partition coefficient (Wildman–Crippen LogP) is 2.02. The van der Waals surface area contributed by atoms with Gasteiger partial charge in [-0.2, -0.15) is 0 Å². The van der Waals surface area contributed by atoms with Crippen molar-refractivity contribution < 1.29 is 14.3 Å². The number of methoxy groups -OCH3 is 1. The Hall–Kier alpha value is -1.59. The van der Waals surface area contributed by atoms with Gasteiger partial charge in [0.2, 0.25) is 0 Å². The van der Waals surface area contributed by atoms with Crippen LogP contribution in [0, 0.1) is 0 Å². The highest BCUT2D eigenvalue weighted by molar-refractivity contribution is 5.52. The molecule has 5 heteroatoms. The quantitative estimate of drug-likeness (QED) is 0.786. The average Bonchev–Trinajstić information content (AvgIpc) is 2.55. The maximum Gasteiger partial charge on any atom is 0.161 e. The first kappa shape index (κ1) is 21.7. The van der Waals surface area contributed by atoms with Gasteiger partial charge in [0.05, 0.1) is 7.11 Å². The molecule has 0 saturated heterocycles. The van der Waals surface area contributed by atoms with Crippen LogP contribution < -0.4 is 20.5 Å². The lowest BCUT2D eigenvalue weighted by molar-refractivity contribution is -0.109. The number of carbonyl (C=O) groups excluding carboxylic acids is 1. The summed E-state index contributed by atoms with van der Waals surface area (Å²) in [5.41, 5.74) is 5.68. The summed E-state index contributed by atoms with van der Waals surface area (Å²) in [7, 11) is 5.03. The zero-order chi connectivity index (χ0) is 16.7. The zero-order valence-electron chi connectivity index (χ0n) is 14.1. The van der Waals surface area contributed by atoms with Crippen LogP contribution in [-0.4, -0.2) is 40.1 Å². The Kier molecular flexibility index (Phi) is 15.3. The second-order valence-corrected chi connectivity index (χ2v) is 4.26. The van der Waals surface area contributed by atoms with E-state index in [1.807, 2.05) is 25.2 Å². The molecule has 1 aromatic rings. The predicted molar refractivity (Wildman–Crippen MR) is 88.2 cm³/mol. The number of carbonyl (C=O) groups is 1. The van der Waals surface area contributed by atoms with E-state index < -0.39 is 0 Å². The van der Waals surface area contributed by atoms with Gasteiger partial charge in [-0.1, -0.05) is 26.8 Å². The summed E-state index contributed by atoms with van der Waals surface area (Å²) < 4.78 is 10.3. The highest BCUT2D eigenvalue weighted by atomic mass is 16.5. The maximum atomic E-state index is 10.1. The summed E-state index contributed by atoms with van der Waals surface area (Å²) in [6, 6.07) is 6.33. The van der Waals surface area contributed by atoms with E-state index >= 15 is 0 Å². The van der Waals surface area contributed by atoms with Crippen LogP contribution in [0.5, 0.6) is 11.5 Å². The normalized spacial score (nSPS) is 8.95. The number of hydrogen-bond acceptors (Lipinski definition) is 5. The molecule has 0 fully saturated rings. The smallest absolute Gasteiger partial charge is 0.161 e. The zero-order valence-corrected chi connectivity index (χ0v) is 14.1. The van der Waals surface area contributed by atoms with Crippen molar-refractivity contribution in [2.45, 2.75) is 33.2 Å². The molecule has 5 nitrogen and oxygen atoms in total. The van der Waals surface area contributed by atoms with Crippen LogP contribution in [-0.2, 0) is 11.2 Å². The van der Waals surface area contributed by atoms with Gasteiger partial charge in [-0.3, -0.25) is 4.79 Å². The van der Waals surface area contributed by atoms with Crippen molar-refractivity contribution in [3.05, 3.63) is 23.8 Å². The van der Waals surface area contributed by atoms with Gasteiger partial charge in [0.1, 0.15) is 6.61 Å². The minimum Gasteiger partial charge on any atom is -0.493 e. The number of nitrogens with two attached hydrogens (primary N) is 1. The van der Waals surface area contributed by atoms with Gasteiger partial charge in [0.25, 0.3) is 0 Å². The van der Waals surface area contributed by atoms with Gasteiger partial charge in [0.15, 0.2) is 17.8 Å². The fourth-order valence-corrected chi connectivity index (χ4v) is 1.17. The van der Waals surface area contributed by atoms with Gasteiger partial charge >= 0.3 is 0 Å². The monoisotopic (exact) mass is 298 g/mol. The van der Waals surface area contributed by atoms with Crippen LogP contribution in [0.3, 0.4) is 0 Å². The largest absolute Gasteiger partial charge is 0.493 e. The van der Waals surface area contributed by atoms with Crippen molar-refractivity contribution >= 4 is 6.29 Å². The molecule has 0 heterocycles. The minimum absolute atomic E-state index is 0.0574. The van der Waals surface area contributed by atoms with E-state index in [0.717, 1.165) is 6.42 Å². The van der Waals surface area contributed by atoms with Crippen molar-refractivity contribution in [3.63, 3.8) is 0 Å². The number of aryl methyl sites for hydroxylation is 1. The summed E-state index contributed by atoms with van der Waals surface area (Å²) in [6.07, 6.45) is 1.66. The number of nitrogens with one attached hydrogen (secondary N) is 1. The Morgan fingerprint density at radius 2 is 1.86 bits per heavy atom. The van der Waals surface area contributed by atoms with Crippen LogP contribution >= 0.6 is 0 Å². The summed E-state index contributed by atoms with van der Waals surface area (Å²) in [4.78, 5) is 10.1. The average molecular weight is 298 g/mol. The van der Waals surface area contributed by atoms with Crippen LogP contribution in [0.15, 0.2) is 18.2 Å². The van der Waals surface area contributed by atoms with Crippen molar-refractivity contribution in [3.8, 4) is 11.5 Å². The molecular weight excluding hydrogens is 268 g/mol. The standard InChI is InChI=1S/C11H14O3.C4H11N.CH5N/c1-3-9-4-5-10(14-7-6-12)11(8-9)13-2;1-4(2)5-3;1-2/h4-6,8H,3,7H2,1-2H3;4-5H,1-3H3;2H2,1H3. The molecule has 3 N–H and O–H groups in total. The number of ether oxygens (including phenoxy) is 2. The second-order valence-electron chi connectivity index (χ2n) is 4.26. The fraction of sp³-hybridized carbons (Fsp3) is 0.562. The summed E-state index contributed by atoms with van der Waals surface area (Å²) >= 11 is 0.